The van der Waals surface area contributed by atoms with E-state index >= 15 is 0 Å². The molecule has 1 N–H and O–H groups in total. The average Bonchev–Trinajstić information content (AvgIpc) is 2.71. The highest BCUT2D eigenvalue weighted by Gasteiger charge is 2.10. The van der Waals surface area contributed by atoms with E-state index in [1.807, 2.05) is 12.4 Å². The molecule has 1 heterocycles. The molecule has 3 heteroatoms. The zero-order chi connectivity index (χ0) is 12.5. The summed E-state index contributed by atoms with van der Waals surface area (Å²) in [6, 6.07) is 0.581. The predicted molar refractivity (Wildman–Crippen MR) is 73.1 cm³/mol. The van der Waals surface area contributed by atoms with E-state index in [0.717, 1.165) is 13.0 Å². The van der Waals surface area contributed by atoms with Gasteiger partial charge < -0.3 is 9.88 Å². The van der Waals surface area contributed by atoms with Gasteiger partial charge in [-0.2, -0.15) is 0 Å². The van der Waals surface area contributed by atoms with Gasteiger partial charge >= 0.3 is 0 Å². The minimum absolute atomic E-state index is 0.581. The highest BCUT2D eigenvalue weighted by Crippen LogP contribution is 2.09. The Labute approximate surface area is 106 Å². The molecule has 0 fully saturated rings. The van der Waals surface area contributed by atoms with Gasteiger partial charge in [-0.15, -0.1) is 0 Å². The Kier molecular flexibility index (Phi) is 6.94. The predicted octanol–water partition coefficient (Wildman–Crippen LogP) is 2.91. The van der Waals surface area contributed by atoms with Gasteiger partial charge in [0.05, 0.1) is 0 Å². The summed E-state index contributed by atoms with van der Waals surface area (Å²) in [4.78, 5) is 4.41. The summed E-state index contributed by atoms with van der Waals surface area (Å²) in [5.41, 5.74) is 0. The Balaban J connectivity index is 2.35. The number of rotatable bonds is 9. The average molecular weight is 237 g/mol. The van der Waals surface area contributed by atoms with E-state index in [1.165, 1.54) is 37.9 Å². The summed E-state index contributed by atoms with van der Waals surface area (Å²) in [7, 11) is 2.07. The molecule has 0 radical (unpaired) electrons. The van der Waals surface area contributed by atoms with Crippen LogP contribution in [0.2, 0.25) is 0 Å². The molecule has 0 bridgehead atoms. The fourth-order valence-electron chi connectivity index (χ4n) is 2.20. The van der Waals surface area contributed by atoms with Gasteiger partial charge in [0.25, 0.3) is 0 Å². The minimum atomic E-state index is 0.581. The lowest BCUT2D eigenvalue weighted by Gasteiger charge is -2.17. The molecule has 0 aliphatic heterocycles. The molecular weight excluding hydrogens is 210 g/mol. The first kappa shape index (κ1) is 14.2. The molecule has 98 valence electrons. The van der Waals surface area contributed by atoms with E-state index in [2.05, 4.69) is 35.8 Å². The number of hydrogen-bond donors (Lipinski definition) is 1. The van der Waals surface area contributed by atoms with Gasteiger partial charge in [0, 0.05) is 31.9 Å². The van der Waals surface area contributed by atoms with Crippen molar-refractivity contribution in [2.24, 2.45) is 7.05 Å². The van der Waals surface area contributed by atoms with Gasteiger partial charge in [0.15, 0.2) is 0 Å². The van der Waals surface area contributed by atoms with Crippen molar-refractivity contribution in [3.05, 3.63) is 18.2 Å². The molecule has 0 saturated heterocycles. The quantitative estimate of drug-likeness (QED) is 0.669. The molecule has 17 heavy (non-hydrogen) atoms. The fraction of sp³-hybridized carbons (Fsp3) is 0.786. The van der Waals surface area contributed by atoms with Crippen LogP contribution in [0, 0.1) is 0 Å². The van der Waals surface area contributed by atoms with Gasteiger partial charge in [-0.1, -0.05) is 39.5 Å². The number of imidazole rings is 1. The summed E-state index contributed by atoms with van der Waals surface area (Å²) in [6.07, 6.45) is 11.6. The number of nitrogens with zero attached hydrogens (tertiary/aromatic N) is 2. The molecule has 0 aromatic carbocycles. The van der Waals surface area contributed by atoms with Crippen LogP contribution in [0.4, 0.5) is 0 Å². The van der Waals surface area contributed by atoms with Crippen molar-refractivity contribution in [2.45, 2.75) is 58.4 Å². The van der Waals surface area contributed by atoms with Gasteiger partial charge in [0.1, 0.15) is 5.82 Å². The Morgan fingerprint density at radius 3 is 2.71 bits per heavy atom. The zero-order valence-electron chi connectivity index (χ0n) is 11.6. The largest absolute Gasteiger partial charge is 0.338 e. The number of unbranched alkanes of at least 4 members (excludes halogenated alkanes) is 3. The summed E-state index contributed by atoms with van der Waals surface area (Å²) < 4.78 is 2.12. The van der Waals surface area contributed by atoms with Crippen LogP contribution in [0.15, 0.2) is 12.4 Å². The minimum Gasteiger partial charge on any atom is -0.338 e. The summed E-state index contributed by atoms with van der Waals surface area (Å²) >= 11 is 0. The number of aryl methyl sites for hydroxylation is 1. The van der Waals surface area contributed by atoms with Crippen LogP contribution in [0.3, 0.4) is 0 Å². The second-order valence-electron chi connectivity index (χ2n) is 4.76. The third-order valence-electron chi connectivity index (χ3n) is 3.25. The third kappa shape index (κ3) is 5.35. The maximum atomic E-state index is 4.41. The topological polar surface area (TPSA) is 29.9 Å². The van der Waals surface area contributed by atoms with Gasteiger partial charge in [-0.05, 0) is 13.0 Å². The van der Waals surface area contributed by atoms with Crippen LogP contribution in [0.1, 0.15) is 51.8 Å². The fourth-order valence-corrected chi connectivity index (χ4v) is 2.20. The van der Waals surface area contributed by atoms with E-state index < -0.39 is 0 Å². The Hall–Kier alpha value is -0.830. The monoisotopic (exact) mass is 237 g/mol. The molecular formula is C14H27N3. The lowest BCUT2D eigenvalue weighted by Crippen LogP contribution is -2.31. The molecule has 1 rings (SSSR count). The first-order chi connectivity index (χ1) is 8.27. The van der Waals surface area contributed by atoms with Crippen LogP contribution >= 0.6 is 0 Å². The SMILES string of the molecule is CCCCCCC(Cc1nccn1C)NCC. The van der Waals surface area contributed by atoms with Gasteiger partial charge in [0.2, 0.25) is 0 Å². The van der Waals surface area contributed by atoms with Crippen molar-refractivity contribution in [1.29, 1.82) is 0 Å². The van der Waals surface area contributed by atoms with Crippen LogP contribution in [0.5, 0.6) is 0 Å². The normalized spacial score (nSPS) is 12.9. The number of nitrogens with one attached hydrogen (secondary N) is 1. The molecule has 0 saturated carbocycles. The van der Waals surface area contributed by atoms with E-state index in [4.69, 9.17) is 0 Å². The highest BCUT2D eigenvalue weighted by molar-refractivity contribution is 4.94. The molecule has 0 amide bonds. The Morgan fingerprint density at radius 2 is 2.12 bits per heavy atom. The lowest BCUT2D eigenvalue weighted by atomic mass is 10.0. The number of hydrogen-bond acceptors (Lipinski definition) is 2. The van der Waals surface area contributed by atoms with Crippen molar-refractivity contribution >= 4 is 0 Å². The van der Waals surface area contributed by atoms with Crippen molar-refractivity contribution in [1.82, 2.24) is 14.9 Å². The van der Waals surface area contributed by atoms with Crippen LogP contribution in [-0.4, -0.2) is 22.1 Å². The van der Waals surface area contributed by atoms with Crippen LogP contribution in [-0.2, 0) is 13.5 Å². The van der Waals surface area contributed by atoms with Crippen LogP contribution < -0.4 is 5.32 Å². The van der Waals surface area contributed by atoms with Crippen molar-refractivity contribution in [2.75, 3.05) is 6.54 Å². The summed E-state index contributed by atoms with van der Waals surface area (Å²) in [5, 5.41) is 3.57. The molecule has 1 atom stereocenters. The van der Waals surface area contributed by atoms with E-state index in [0.29, 0.717) is 6.04 Å². The van der Waals surface area contributed by atoms with E-state index in [-0.39, 0.29) is 0 Å². The van der Waals surface area contributed by atoms with E-state index in [9.17, 15) is 0 Å². The number of aromatic nitrogens is 2. The maximum Gasteiger partial charge on any atom is 0.109 e. The molecule has 1 aromatic heterocycles. The smallest absolute Gasteiger partial charge is 0.109 e. The molecule has 0 aliphatic rings. The van der Waals surface area contributed by atoms with Crippen molar-refractivity contribution in [3.8, 4) is 0 Å². The molecule has 1 aromatic rings. The molecule has 3 nitrogen and oxygen atoms in total. The second kappa shape index (κ2) is 8.29. The van der Waals surface area contributed by atoms with Crippen molar-refractivity contribution < 1.29 is 0 Å². The van der Waals surface area contributed by atoms with E-state index in [1.54, 1.807) is 0 Å². The second-order valence-corrected chi connectivity index (χ2v) is 4.76. The molecule has 0 spiro atoms. The summed E-state index contributed by atoms with van der Waals surface area (Å²) in [6.45, 7) is 5.48. The maximum absolute atomic E-state index is 4.41. The molecule has 1 unspecified atom stereocenters. The zero-order valence-corrected chi connectivity index (χ0v) is 11.6. The third-order valence-corrected chi connectivity index (χ3v) is 3.25. The summed E-state index contributed by atoms with van der Waals surface area (Å²) in [5.74, 6) is 1.19. The van der Waals surface area contributed by atoms with Gasteiger partial charge in [-0.3, -0.25) is 0 Å². The first-order valence-corrected chi connectivity index (χ1v) is 6.97. The Bertz CT molecular complexity index is 293. The van der Waals surface area contributed by atoms with Gasteiger partial charge in [-0.25, -0.2) is 4.98 Å². The first-order valence-electron chi connectivity index (χ1n) is 6.97. The standard InChI is InChI=1S/C14H27N3/c1-4-6-7-8-9-13(15-5-2)12-14-16-10-11-17(14)3/h10-11,13,15H,4-9,12H2,1-3H3. The lowest BCUT2D eigenvalue weighted by molar-refractivity contribution is 0.452. The highest BCUT2D eigenvalue weighted by atomic mass is 15.0. The number of likely N-dealkylation sites (N-methyl/N-ethyl adjacent to an activating group) is 1. The Morgan fingerprint density at radius 1 is 1.29 bits per heavy atom. The van der Waals surface area contributed by atoms with Crippen LogP contribution in [0.25, 0.3) is 0 Å². The van der Waals surface area contributed by atoms with Crippen molar-refractivity contribution in [3.63, 3.8) is 0 Å². The molecule has 0 aliphatic carbocycles.